The van der Waals surface area contributed by atoms with Gasteiger partial charge in [-0.3, -0.25) is 9.67 Å². The maximum Gasteiger partial charge on any atom is 0.410 e. The lowest BCUT2D eigenvalue weighted by Crippen LogP contribution is -2.57. The molecule has 1 aromatic rings. The van der Waals surface area contributed by atoms with E-state index >= 15 is 0 Å². The number of hydrogen-bond acceptors (Lipinski definition) is 6. The van der Waals surface area contributed by atoms with Crippen LogP contribution in [-0.2, 0) is 31.2 Å². The summed E-state index contributed by atoms with van der Waals surface area (Å²) in [6, 6.07) is 0.217. The molecular weight excluding hydrogens is 356 g/mol. The number of carbonyl (C=O) groups excluding carboxylic acids is 1. The van der Waals surface area contributed by atoms with Gasteiger partial charge in [-0.25, -0.2) is 4.79 Å². The number of nitrogens with zero attached hydrogens (tertiary/aromatic N) is 5. The van der Waals surface area contributed by atoms with Crippen LogP contribution in [0.3, 0.4) is 0 Å². The maximum atomic E-state index is 12.4. The van der Waals surface area contributed by atoms with Crippen LogP contribution in [0.1, 0.15) is 51.6 Å². The smallest absolute Gasteiger partial charge is 0.410 e. The van der Waals surface area contributed by atoms with E-state index in [0.29, 0.717) is 19.6 Å². The Bertz CT molecular complexity index is 749. The van der Waals surface area contributed by atoms with Gasteiger partial charge in [0.15, 0.2) is 5.96 Å². The van der Waals surface area contributed by atoms with Crippen molar-refractivity contribution in [3.63, 3.8) is 0 Å². The maximum absolute atomic E-state index is 12.4. The lowest BCUT2D eigenvalue weighted by atomic mass is 10.1. The van der Waals surface area contributed by atoms with Crippen molar-refractivity contribution in [1.29, 1.82) is 0 Å². The molecule has 2 aliphatic rings. The van der Waals surface area contributed by atoms with Gasteiger partial charge in [0, 0.05) is 44.5 Å². The van der Waals surface area contributed by atoms with Crippen molar-refractivity contribution < 1.29 is 9.53 Å². The molecule has 3 rings (SSSR count). The van der Waals surface area contributed by atoms with Gasteiger partial charge in [0.1, 0.15) is 5.60 Å². The minimum absolute atomic E-state index is 0.217. The van der Waals surface area contributed by atoms with Gasteiger partial charge in [0.05, 0.1) is 18.3 Å². The second-order valence-corrected chi connectivity index (χ2v) is 8.49. The molecule has 8 nitrogen and oxygen atoms in total. The molecule has 1 saturated heterocycles. The van der Waals surface area contributed by atoms with Gasteiger partial charge in [-0.2, -0.15) is 5.10 Å². The van der Waals surface area contributed by atoms with Crippen LogP contribution in [0.2, 0.25) is 0 Å². The molecule has 0 aliphatic carbocycles. The lowest BCUT2D eigenvalue weighted by molar-refractivity contribution is 0.0137. The third kappa shape index (κ3) is 4.25. The summed E-state index contributed by atoms with van der Waals surface area (Å²) in [4.78, 5) is 21.2. The third-order valence-corrected chi connectivity index (χ3v) is 5.31. The fraction of sp³-hybridized carbons (Fsp3) is 0.750. The summed E-state index contributed by atoms with van der Waals surface area (Å²) in [5.41, 5.74) is 3.24. The lowest BCUT2D eigenvalue weighted by Gasteiger charge is -2.39. The summed E-state index contributed by atoms with van der Waals surface area (Å²) >= 11 is 0. The van der Waals surface area contributed by atoms with Crippen molar-refractivity contribution in [1.82, 2.24) is 24.9 Å². The van der Waals surface area contributed by atoms with Crippen LogP contribution in [0.15, 0.2) is 4.99 Å². The molecular formula is C20H34N6O2. The van der Waals surface area contributed by atoms with E-state index in [9.17, 15) is 4.79 Å². The summed E-state index contributed by atoms with van der Waals surface area (Å²) in [5.74, 6) is 0.932. The molecule has 2 aliphatic heterocycles. The van der Waals surface area contributed by atoms with E-state index in [1.54, 1.807) is 4.90 Å². The number of amides is 1. The molecule has 3 heterocycles. The first kappa shape index (κ1) is 20.5. The number of carbonyl (C=O) groups is 1. The molecule has 0 aromatic carbocycles. The fourth-order valence-corrected chi connectivity index (χ4v) is 3.98. The van der Waals surface area contributed by atoms with Crippen molar-refractivity contribution in [2.45, 2.75) is 65.6 Å². The number of aromatic nitrogens is 2. The van der Waals surface area contributed by atoms with Crippen LogP contribution in [-0.4, -0.2) is 69.5 Å². The van der Waals surface area contributed by atoms with Gasteiger partial charge in [-0.15, -0.1) is 0 Å². The van der Waals surface area contributed by atoms with Gasteiger partial charge < -0.3 is 19.9 Å². The van der Waals surface area contributed by atoms with Crippen molar-refractivity contribution in [3.05, 3.63) is 17.0 Å². The van der Waals surface area contributed by atoms with Crippen molar-refractivity contribution in [2.75, 3.05) is 26.2 Å². The molecule has 8 heteroatoms. The van der Waals surface area contributed by atoms with Crippen LogP contribution in [0.5, 0.6) is 0 Å². The van der Waals surface area contributed by atoms with Crippen LogP contribution in [0.4, 0.5) is 4.79 Å². The van der Waals surface area contributed by atoms with Crippen LogP contribution in [0.25, 0.3) is 0 Å². The summed E-state index contributed by atoms with van der Waals surface area (Å²) in [5, 5.41) is 8.18. The Morgan fingerprint density at radius 2 is 2.00 bits per heavy atom. The zero-order valence-electron chi connectivity index (χ0n) is 18.1. The second-order valence-electron chi connectivity index (χ2n) is 8.49. The molecule has 0 saturated carbocycles. The molecule has 1 amide bonds. The minimum Gasteiger partial charge on any atom is -0.444 e. The molecule has 1 N–H and O–H groups in total. The second kappa shape index (κ2) is 8.01. The number of aryl methyl sites for hydroxylation is 2. The zero-order chi connectivity index (χ0) is 20.5. The van der Waals surface area contributed by atoms with E-state index in [4.69, 9.17) is 9.73 Å². The van der Waals surface area contributed by atoms with Gasteiger partial charge in [0.2, 0.25) is 0 Å². The minimum atomic E-state index is -0.467. The largest absolute Gasteiger partial charge is 0.444 e. The highest BCUT2D eigenvalue weighted by atomic mass is 16.6. The van der Waals surface area contributed by atoms with Crippen LogP contribution >= 0.6 is 0 Å². The topological polar surface area (TPSA) is 75.0 Å². The van der Waals surface area contributed by atoms with Crippen molar-refractivity contribution in [3.8, 4) is 0 Å². The quantitative estimate of drug-likeness (QED) is 0.850. The number of rotatable bonds is 4. The molecule has 0 bridgehead atoms. The summed E-state index contributed by atoms with van der Waals surface area (Å²) in [7, 11) is 2.01. The predicted octanol–water partition coefficient (Wildman–Crippen LogP) is 1.93. The highest BCUT2D eigenvalue weighted by Gasteiger charge is 2.36. The Hall–Kier alpha value is -2.25. The summed E-state index contributed by atoms with van der Waals surface area (Å²) in [6.07, 6.45) is 1.66. The predicted molar refractivity (Wildman–Crippen MR) is 109 cm³/mol. The number of piperazine rings is 1. The summed E-state index contributed by atoms with van der Waals surface area (Å²) < 4.78 is 7.51. The Kier molecular flexibility index (Phi) is 5.86. The number of ether oxygens (including phenoxy) is 1. The number of nitrogens with one attached hydrogen (secondary N) is 1. The Labute approximate surface area is 167 Å². The fourth-order valence-electron chi connectivity index (χ4n) is 3.98. The Balaban J connectivity index is 1.59. The first-order chi connectivity index (χ1) is 13.2. The van der Waals surface area contributed by atoms with E-state index in [1.165, 1.54) is 11.3 Å². The third-order valence-electron chi connectivity index (χ3n) is 5.31. The number of fused-ring (bicyclic) bond motifs is 1. The van der Waals surface area contributed by atoms with E-state index in [1.807, 2.05) is 32.5 Å². The standard InChI is InChI=1S/C20H34N6O2/c1-7-16-15(17(8-2)24(6)23-16)12-22-18-21-11-14-13-25(9-10-26(14)18)19(27)28-20(3,4)5/h14H,7-13H2,1-6H3,(H,21,22). The SMILES string of the molecule is CCc1nn(C)c(CC)c1CNC1=NCC2CN(C(=O)OC(C)(C)C)CCN12. The molecule has 1 aromatic heterocycles. The van der Waals surface area contributed by atoms with Crippen LogP contribution in [0, 0.1) is 0 Å². The van der Waals surface area contributed by atoms with E-state index in [0.717, 1.165) is 37.6 Å². The first-order valence-electron chi connectivity index (χ1n) is 10.3. The van der Waals surface area contributed by atoms with Gasteiger partial charge >= 0.3 is 6.09 Å². The Morgan fingerprint density at radius 3 is 2.64 bits per heavy atom. The molecule has 28 heavy (non-hydrogen) atoms. The van der Waals surface area contributed by atoms with E-state index in [-0.39, 0.29) is 12.1 Å². The normalized spacial score (nSPS) is 19.5. The number of hydrogen-bond donors (Lipinski definition) is 1. The molecule has 156 valence electrons. The number of guanidine groups is 1. The highest BCUT2D eigenvalue weighted by Crippen LogP contribution is 2.20. The monoisotopic (exact) mass is 390 g/mol. The van der Waals surface area contributed by atoms with E-state index in [2.05, 4.69) is 29.2 Å². The molecule has 0 radical (unpaired) electrons. The van der Waals surface area contributed by atoms with Gasteiger partial charge in [-0.05, 0) is 33.6 Å². The van der Waals surface area contributed by atoms with Crippen LogP contribution < -0.4 is 5.32 Å². The summed E-state index contributed by atoms with van der Waals surface area (Å²) in [6.45, 7) is 13.5. The van der Waals surface area contributed by atoms with Gasteiger partial charge in [-0.1, -0.05) is 13.8 Å². The molecule has 0 spiro atoms. The Morgan fingerprint density at radius 1 is 1.25 bits per heavy atom. The number of aliphatic imine (C=N–C) groups is 1. The van der Waals surface area contributed by atoms with E-state index < -0.39 is 5.60 Å². The zero-order valence-corrected chi connectivity index (χ0v) is 18.1. The highest BCUT2D eigenvalue weighted by molar-refractivity contribution is 5.82. The molecule has 1 atom stereocenters. The molecule has 1 unspecified atom stereocenters. The van der Waals surface area contributed by atoms with Crippen molar-refractivity contribution >= 4 is 12.1 Å². The van der Waals surface area contributed by atoms with Gasteiger partial charge in [0.25, 0.3) is 0 Å². The average molecular weight is 391 g/mol. The molecule has 1 fully saturated rings. The average Bonchev–Trinajstić information content (AvgIpc) is 3.17. The first-order valence-corrected chi connectivity index (χ1v) is 10.3. The van der Waals surface area contributed by atoms with Crippen molar-refractivity contribution in [2.24, 2.45) is 12.0 Å².